The molecule has 2 N–H and O–H groups in total. The molecule has 0 bridgehead atoms. The number of benzene rings is 1. The Morgan fingerprint density at radius 1 is 1.19 bits per heavy atom. The Bertz CT molecular complexity index is 537. The highest BCUT2D eigenvalue weighted by atomic mass is 32.2. The Kier molecular flexibility index (Phi) is 6.84. The van der Waals surface area contributed by atoms with Crippen LogP contribution in [-0.2, 0) is 10.0 Å². The minimum atomic E-state index is -3.44. The van der Waals surface area contributed by atoms with Gasteiger partial charge in [-0.25, -0.2) is 8.42 Å². The smallest absolute Gasteiger partial charge is 0.243 e. The molecule has 5 heteroatoms. The van der Waals surface area contributed by atoms with Crippen molar-refractivity contribution in [1.82, 2.24) is 4.31 Å². The summed E-state index contributed by atoms with van der Waals surface area (Å²) < 4.78 is 27.2. The molecule has 0 heterocycles. The highest BCUT2D eigenvalue weighted by Gasteiger charge is 2.25. The van der Waals surface area contributed by atoms with E-state index in [1.165, 1.54) is 0 Å². The van der Waals surface area contributed by atoms with Crippen LogP contribution in [0.15, 0.2) is 29.2 Å². The summed E-state index contributed by atoms with van der Waals surface area (Å²) >= 11 is 0. The molecule has 0 aliphatic heterocycles. The molecule has 0 aromatic heterocycles. The Morgan fingerprint density at radius 3 is 2.29 bits per heavy atom. The van der Waals surface area contributed by atoms with E-state index < -0.39 is 10.0 Å². The summed E-state index contributed by atoms with van der Waals surface area (Å²) in [5.74, 6) is 0.399. The first-order chi connectivity index (χ1) is 9.86. The van der Waals surface area contributed by atoms with Crippen LogP contribution < -0.4 is 5.73 Å². The first kappa shape index (κ1) is 18.1. The van der Waals surface area contributed by atoms with Crippen LogP contribution in [0.3, 0.4) is 0 Å². The first-order valence-electron chi connectivity index (χ1n) is 7.72. The third-order valence-electron chi connectivity index (χ3n) is 3.99. The molecule has 0 aliphatic carbocycles. The largest absolute Gasteiger partial charge is 0.324 e. The lowest BCUT2D eigenvalue weighted by atomic mass is 10.0. The zero-order valence-corrected chi connectivity index (χ0v) is 14.4. The predicted molar refractivity (Wildman–Crippen MR) is 87.5 cm³/mol. The van der Waals surface area contributed by atoms with Crippen LogP contribution in [0.25, 0.3) is 0 Å². The van der Waals surface area contributed by atoms with Crippen LogP contribution in [-0.4, -0.2) is 25.8 Å². The van der Waals surface area contributed by atoms with Crippen molar-refractivity contribution in [3.63, 3.8) is 0 Å². The Hall–Kier alpha value is -0.910. The van der Waals surface area contributed by atoms with Gasteiger partial charge in [-0.2, -0.15) is 4.31 Å². The van der Waals surface area contributed by atoms with E-state index in [4.69, 9.17) is 5.73 Å². The molecule has 0 saturated heterocycles. The zero-order valence-electron chi connectivity index (χ0n) is 13.5. The van der Waals surface area contributed by atoms with Crippen LogP contribution in [0.5, 0.6) is 0 Å². The third-order valence-corrected chi connectivity index (χ3v) is 5.93. The van der Waals surface area contributed by atoms with Crippen molar-refractivity contribution in [2.75, 3.05) is 13.1 Å². The Morgan fingerprint density at radius 2 is 1.81 bits per heavy atom. The van der Waals surface area contributed by atoms with Gasteiger partial charge in [0.05, 0.1) is 4.90 Å². The molecule has 1 aromatic carbocycles. The summed E-state index contributed by atoms with van der Waals surface area (Å²) in [6.07, 6.45) is 1.98. The van der Waals surface area contributed by atoms with Crippen LogP contribution in [0.4, 0.5) is 0 Å². The second kappa shape index (κ2) is 7.92. The minimum absolute atomic E-state index is 0.172. The summed E-state index contributed by atoms with van der Waals surface area (Å²) in [4.78, 5) is 0.338. The fourth-order valence-electron chi connectivity index (χ4n) is 2.34. The molecule has 0 saturated carbocycles. The maximum Gasteiger partial charge on any atom is 0.243 e. The molecule has 120 valence electrons. The number of nitrogens with zero attached hydrogens (tertiary/aromatic N) is 1. The van der Waals surface area contributed by atoms with Gasteiger partial charge in [-0.05, 0) is 30.5 Å². The Balaban J connectivity index is 3.09. The lowest BCUT2D eigenvalue weighted by Gasteiger charge is -2.25. The molecule has 1 unspecified atom stereocenters. The molecule has 4 nitrogen and oxygen atoms in total. The van der Waals surface area contributed by atoms with E-state index in [1.54, 1.807) is 22.5 Å². The summed E-state index contributed by atoms with van der Waals surface area (Å²) in [6, 6.07) is 6.79. The van der Waals surface area contributed by atoms with Crippen molar-refractivity contribution in [1.29, 1.82) is 0 Å². The van der Waals surface area contributed by atoms with Crippen LogP contribution >= 0.6 is 0 Å². The molecule has 0 fully saturated rings. The van der Waals surface area contributed by atoms with E-state index >= 15 is 0 Å². The Labute approximate surface area is 129 Å². The van der Waals surface area contributed by atoms with Gasteiger partial charge in [0.25, 0.3) is 0 Å². The molecule has 0 radical (unpaired) electrons. The fraction of sp³-hybridized carbons (Fsp3) is 0.625. The molecule has 0 spiro atoms. The summed E-state index contributed by atoms with van der Waals surface area (Å²) in [7, 11) is -3.44. The highest BCUT2D eigenvalue weighted by molar-refractivity contribution is 7.89. The molecule has 21 heavy (non-hydrogen) atoms. The quantitative estimate of drug-likeness (QED) is 0.802. The molecular weight excluding hydrogens is 284 g/mol. The van der Waals surface area contributed by atoms with Gasteiger partial charge in [-0.3, -0.25) is 0 Å². The second-order valence-corrected chi connectivity index (χ2v) is 7.44. The predicted octanol–water partition coefficient (Wildman–Crippen LogP) is 3.15. The van der Waals surface area contributed by atoms with E-state index in [0.29, 0.717) is 23.9 Å². The summed E-state index contributed by atoms with van der Waals surface area (Å²) in [6.45, 7) is 9.01. The minimum Gasteiger partial charge on any atom is -0.324 e. The summed E-state index contributed by atoms with van der Waals surface area (Å²) in [5, 5.41) is 0. The van der Waals surface area contributed by atoms with Gasteiger partial charge in [0.2, 0.25) is 10.0 Å². The SMILES string of the molecule is CCC(CC)CN(CC)S(=O)(=O)c1cccc(C(C)N)c1. The number of hydrogen-bond acceptors (Lipinski definition) is 3. The van der Waals surface area contributed by atoms with Gasteiger partial charge in [-0.15, -0.1) is 0 Å². The maximum atomic E-state index is 12.8. The highest BCUT2D eigenvalue weighted by Crippen LogP contribution is 2.22. The van der Waals surface area contributed by atoms with Crippen molar-refractivity contribution >= 4 is 10.0 Å². The van der Waals surface area contributed by atoms with Crippen LogP contribution in [0, 0.1) is 5.92 Å². The molecule has 0 aliphatic rings. The van der Waals surface area contributed by atoms with E-state index in [0.717, 1.165) is 18.4 Å². The standard InChI is InChI=1S/C16H28N2O2S/c1-5-14(6-2)12-18(7-3)21(19,20)16-10-8-9-15(11-16)13(4)17/h8-11,13-14H,5-7,12,17H2,1-4H3. The second-order valence-electron chi connectivity index (χ2n) is 5.50. The molecule has 1 atom stereocenters. The van der Waals surface area contributed by atoms with E-state index in [2.05, 4.69) is 13.8 Å². The lowest BCUT2D eigenvalue weighted by Crippen LogP contribution is -2.35. The number of sulfonamides is 1. The molecule has 0 amide bonds. The normalized spacial score (nSPS) is 13.9. The monoisotopic (exact) mass is 312 g/mol. The molecular formula is C16H28N2O2S. The average molecular weight is 312 g/mol. The van der Waals surface area contributed by atoms with Gasteiger partial charge < -0.3 is 5.73 Å². The van der Waals surface area contributed by atoms with Crippen molar-refractivity contribution in [3.8, 4) is 0 Å². The molecule has 1 aromatic rings. The van der Waals surface area contributed by atoms with Crippen LogP contribution in [0.1, 0.15) is 52.1 Å². The van der Waals surface area contributed by atoms with E-state index in [-0.39, 0.29) is 6.04 Å². The molecule has 1 rings (SSSR count). The van der Waals surface area contributed by atoms with Gasteiger partial charge in [-0.1, -0.05) is 45.7 Å². The maximum absolute atomic E-state index is 12.8. The van der Waals surface area contributed by atoms with E-state index in [9.17, 15) is 8.42 Å². The van der Waals surface area contributed by atoms with Crippen molar-refractivity contribution in [3.05, 3.63) is 29.8 Å². The number of rotatable bonds is 8. The van der Waals surface area contributed by atoms with Crippen molar-refractivity contribution < 1.29 is 8.42 Å². The van der Waals surface area contributed by atoms with Gasteiger partial charge in [0, 0.05) is 19.1 Å². The topological polar surface area (TPSA) is 63.4 Å². The third kappa shape index (κ3) is 4.53. The lowest BCUT2D eigenvalue weighted by molar-refractivity contribution is 0.339. The van der Waals surface area contributed by atoms with Gasteiger partial charge >= 0.3 is 0 Å². The average Bonchev–Trinajstić information content (AvgIpc) is 2.48. The zero-order chi connectivity index (χ0) is 16.0. The van der Waals surface area contributed by atoms with Crippen molar-refractivity contribution in [2.24, 2.45) is 11.7 Å². The first-order valence-corrected chi connectivity index (χ1v) is 9.16. The van der Waals surface area contributed by atoms with Crippen molar-refractivity contribution in [2.45, 2.75) is 51.5 Å². The summed E-state index contributed by atoms with van der Waals surface area (Å²) in [5.41, 5.74) is 6.69. The number of nitrogens with two attached hydrogens (primary N) is 1. The number of hydrogen-bond donors (Lipinski definition) is 1. The van der Waals surface area contributed by atoms with E-state index in [1.807, 2.05) is 19.9 Å². The van der Waals surface area contributed by atoms with Gasteiger partial charge in [0.15, 0.2) is 0 Å². The fourth-order valence-corrected chi connectivity index (χ4v) is 3.92. The van der Waals surface area contributed by atoms with Gasteiger partial charge in [0.1, 0.15) is 0 Å². The van der Waals surface area contributed by atoms with Crippen LogP contribution in [0.2, 0.25) is 0 Å².